The van der Waals surface area contributed by atoms with Crippen LogP contribution in [-0.2, 0) is 38.5 Å². The molecule has 0 N–H and O–H groups in total. The smallest absolute Gasteiger partial charge is 0.119 e. The molecule has 0 saturated heterocycles. The van der Waals surface area contributed by atoms with Crippen LogP contribution in [0.3, 0.4) is 0 Å². The number of fused-ring (bicyclic) bond motifs is 24. The summed E-state index contributed by atoms with van der Waals surface area (Å²) in [5, 5.41) is 14.9. The highest BCUT2D eigenvalue weighted by Gasteiger charge is 2.24. The first-order valence-corrected chi connectivity index (χ1v) is 42.9. The fourth-order valence-corrected chi connectivity index (χ4v) is 20.2. The van der Waals surface area contributed by atoms with Crippen molar-refractivity contribution < 1.29 is 0 Å². The second-order valence-corrected chi connectivity index (χ2v) is 33.0. The van der Waals surface area contributed by atoms with Gasteiger partial charge >= 0.3 is 0 Å². The molecule has 9 aromatic heterocycles. The highest BCUT2D eigenvalue weighted by atomic mass is 15.0. The lowest BCUT2D eigenvalue weighted by Crippen LogP contribution is -2.03. The van der Waals surface area contributed by atoms with E-state index in [1.807, 2.05) is 18.6 Å². The van der Waals surface area contributed by atoms with E-state index < -0.39 is 0 Å². The molecule has 0 radical (unpaired) electrons. The molecule has 0 saturated carbocycles. The molecular weight excluding hydrogens is 1500 g/mol. The Morgan fingerprint density at radius 3 is 0.577 bits per heavy atom. The molecular formula is C111H78N12. The van der Waals surface area contributed by atoms with Crippen LogP contribution < -0.4 is 0 Å². The summed E-state index contributed by atoms with van der Waals surface area (Å²) in [4.78, 5) is 32.1. The normalized spacial score (nSPS) is 12.2. The Labute approximate surface area is 706 Å². The minimum absolute atomic E-state index is 0.693. The molecule has 0 spiro atoms. The van der Waals surface area contributed by atoms with Gasteiger partial charge in [0.1, 0.15) is 33.1 Å². The van der Waals surface area contributed by atoms with Gasteiger partial charge in [-0.3, -0.25) is 15.0 Å². The minimum Gasteiger partial charge on any atom is -0.309 e. The topological polar surface area (TPSA) is 107 Å². The van der Waals surface area contributed by atoms with Crippen molar-refractivity contribution in [1.29, 1.82) is 0 Å². The summed E-state index contributed by atoms with van der Waals surface area (Å²) in [6.45, 7) is 0. The molecule has 0 fully saturated rings. The van der Waals surface area contributed by atoms with Crippen LogP contribution in [0.25, 0.3) is 198 Å². The first-order chi connectivity index (χ1) is 61.0. The van der Waals surface area contributed by atoms with Gasteiger partial charge in [0.2, 0.25) is 0 Å². The third-order valence-electron chi connectivity index (χ3n) is 25.9. The van der Waals surface area contributed by atoms with Crippen LogP contribution in [0.4, 0.5) is 0 Å². The lowest BCUT2D eigenvalue weighted by molar-refractivity contribution is 0.795. The predicted molar refractivity (Wildman–Crippen MR) is 507 cm³/mol. The molecule has 12 heteroatoms. The Hall–Kier alpha value is -15.7. The SMILES string of the molecule is c1ccc2c(c1)c1ccccc1n2-c1ccc2c(c1)c1ccccc1n2-c1ccc(CCCc2cnc3c(n2)c2ncc(CCCc4ccc(-n5c6ccccc6c6cc(-n7c8ccccc8c8ccccc87)ccc65)cc4)nc2c2ncc(CCCc4ccc(-n5c6ccccc6c6cc(-n7c8ccccc8c8ccccc87)ccc65)cc4)nc32)cc1. The molecule has 9 heterocycles. The largest absolute Gasteiger partial charge is 0.309 e. The van der Waals surface area contributed by atoms with Gasteiger partial charge in [0, 0.05) is 117 Å². The second-order valence-electron chi connectivity index (χ2n) is 33.0. The molecule has 25 aromatic rings. The van der Waals surface area contributed by atoms with Gasteiger partial charge in [0.15, 0.2) is 0 Å². The number of benzene rings is 16. The van der Waals surface area contributed by atoms with Gasteiger partial charge in [-0.25, -0.2) is 15.0 Å². The molecule has 0 bridgehead atoms. The fourth-order valence-electron chi connectivity index (χ4n) is 20.2. The summed E-state index contributed by atoms with van der Waals surface area (Å²) in [6, 6.07) is 127. The number of aryl methyl sites for hydroxylation is 6. The Morgan fingerprint density at radius 2 is 0.350 bits per heavy atom. The zero-order valence-electron chi connectivity index (χ0n) is 67.4. The number of para-hydroxylation sites is 9. The zero-order valence-corrected chi connectivity index (χ0v) is 67.4. The number of rotatable bonds is 18. The summed E-state index contributed by atoms with van der Waals surface area (Å²) in [5.41, 5.74) is 31.8. The summed E-state index contributed by atoms with van der Waals surface area (Å²) < 4.78 is 14.4. The molecule has 25 rings (SSSR count). The molecule has 16 aromatic carbocycles. The Kier molecular flexibility index (Phi) is 16.3. The number of nitrogens with zero attached hydrogens (tertiary/aromatic N) is 12. The molecule has 0 aliphatic carbocycles. The summed E-state index contributed by atoms with van der Waals surface area (Å²) >= 11 is 0. The van der Waals surface area contributed by atoms with E-state index in [9.17, 15) is 0 Å². The van der Waals surface area contributed by atoms with E-state index >= 15 is 0 Å². The van der Waals surface area contributed by atoms with Crippen LogP contribution in [0.15, 0.2) is 364 Å². The molecule has 0 unspecified atom stereocenters. The highest BCUT2D eigenvalue weighted by molar-refractivity contribution is 6.19. The molecule has 0 atom stereocenters. The van der Waals surface area contributed by atoms with Crippen LogP contribution in [0.1, 0.15) is 53.0 Å². The van der Waals surface area contributed by atoms with Gasteiger partial charge in [-0.15, -0.1) is 0 Å². The zero-order chi connectivity index (χ0) is 80.7. The quantitative estimate of drug-likeness (QED) is 0.0792. The Bertz CT molecular complexity index is 7620. The number of hydrogen-bond donors (Lipinski definition) is 0. The van der Waals surface area contributed by atoms with Crippen molar-refractivity contribution in [2.45, 2.75) is 57.8 Å². The maximum Gasteiger partial charge on any atom is 0.119 e. The van der Waals surface area contributed by atoms with Gasteiger partial charge in [-0.2, -0.15) is 0 Å². The summed E-state index contributed by atoms with van der Waals surface area (Å²) in [6.07, 6.45) is 13.3. The standard InChI is InChI=1S/C111H78N12/c1-10-37-94-82(28-1)83-29-2-11-38-95(83)121(94)79-58-61-103-91(64-79)88-34-7-16-43-100(88)118(103)76-52-46-70(47-53-76)22-19-25-73-67-112-106-109(115-73)107-111(117-74(68-113-107)26-20-23-71-48-54-77(55-49-71)119-101-44-17-8-35-89(101)92-65-80(59-62-104(92)119)122-96-39-12-3-30-84(96)85-31-4-13-40-97(85)122)108-110(106)116-75(69-114-108)27-21-24-72-50-56-78(57-51-72)120-102-45-18-9-36-90(102)93-66-81(60-63-105(93)120)123-98-41-14-5-32-86(98)87-33-6-15-42-99(87)123/h1-18,28-69H,19-27H2. The van der Waals surface area contributed by atoms with E-state index in [4.69, 9.17) is 29.9 Å². The summed E-state index contributed by atoms with van der Waals surface area (Å²) in [5.74, 6) is 0. The Balaban J connectivity index is 0.493. The third kappa shape index (κ3) is 11.5. The number of aromatic nitrogens is 12. The van der Waals surface area contributed by atoms with Crippen molar-refractivity contribution in [3.63, 3.8) is 0 Å². The van der Waals surface area contributed by atoms with Crippen molar-refractivity contribution in [2.75, 3.05) is 0 Å². The van der Waals surface area contributed by atoms with Crippen LogP contribution in [0, 0.1) is 0 Å². The fraction of sp³-hybridized carbons (Fsp3) is 0.0811. The average molecular weight is 1580 g/mol. The average Bonchev–Trinajstić information content (AvgIpc) is 1.53. The van der Waals surface area contributed by atoms with E-state index in [1.54, 1.807) is 0 Å². The van der Waals surface area contributed by atoms with Gasteiger partial charge < -0.3 is 27.4 Å². The van der Waals surface area contributed by atoms with E-state index in [0.29, 0.717) is 33.1 Å². The van der Waals surface area contributed by atoms with Crippen LogP contribution in [0.2, 0.25) is 0 Å². The van der Waals surface area contributed by atoms with Gasteiger partial charge in [-0.05, 0) is 220 Å². The Morgan fingerprint density at radius 1 is 0.163 bits per heavy atom. The van der Waals surface area contributed by atoms with Crippen molar-refractivity contribution >= 4 is 164 Å². The third-order valence-corrected chi connectivity index (χ3v) is 25.9. The molecule has 123 heavy (non-hydrogen) atoms. The maximum absolute atomic E-state index is 5.45. The molecule has 0 aliphatic rings. The van der Waals surface area contributed by atoms with Crippen molar-refractivity contribution in [3.8, 4) is 34.1 Å². The van der Waals surface area contributed by atoms with E-state index in [0.717, 1.165) is 109 Å². The van der Waals surface area contributed by atoms with Gasteiger partial charge in [0.25, 0.3) is 0 Å². The van der Waals surface area contributed by atoms with E-state index in [1.165, 1.54) is 148 Å². The van der Waals surface area contributed by atoms with Crippen LogP contribution in [-0.4, -0.2) is 57.3 Å². The first kappa shape index (κ1) is 70.4. The molecule has 0 aliphatic heterocycles. The second kappa shape index (κ2) is 28.5. The molecule has 582 valence electrons. The van der Waals surface area contributed by atoms with Gasteiger partial charge in [-0.1, -0.05) is 200 Å². The van der Waals surface area contributed by atoms with Crippen molar-refractivity contribution in [2.24, 2.45) is 0 Å². The molecule has 12 nitrogen and oxygen atoms in total. The van der Waals surface area contributed by atoms with Crippen LogP contribution in [0.5, 0.6) is 0 Å². The number of hydrogen-bond acceptors (Lipinski definition) is 6. The first-order valence-electron chi connectivity index (χ1n) is 42.9. The summed E-state index contributed by atoms with van der Waals surface area (Å²) in [7, 11) is 0. The van der Waals surface area contributed by atoms with Gasteiger partial charge in [0.05, 0.1) is 83.3 Å². The monoisotopic (exact) mass is 1580 g/mol. The van der Waals surface area contributed by atoms with E-state index in [2.05, 4.69) is 373 Å². The maximum atomic E-state index is 5.45. The lowest BCUT2D eigenvalue weighted by atomic mass is 10.1. The predicted octanol–water partition coefficient (Wildman–Crippen LogP) is 26.6. The van der Waals surface area contributed by atoms with Crippen LogP contribution >= 0.6 is 0 Å². The van der Waals surface area contributed by atoms with Crippen molar-refractivity contribution in [1.82, 2.24) is 57.3 Å². The van der Waals surface area contributed by atoms with Crippen molar-refractivity contribution in [3.05, 3.63) is 398 Å². The minimum atomic E-state index is 0.693. The lowest BCUT2D eigenvalue weighted by Gasteiger charge is -2.12. The molecule has 0 amide bonds. The highest BCUT2D eigenvalue weighted by Crippen LogP contribution is 2.43. The van der Waals surface area contributed by atoms with E-state index in [-0.39, 0.29) is 0 Å².